The van der Waals surface area contributed by atoms with Crippen molar-refractivity contribution in [3.63, 3.8) is 0 Å². The highest BCUT2D eigenvalue weighted by atomic mass is 16.6. The Balaban J connectivity index is 1.32. The molecular weight excluding hydrogens is 560 g/mol. The van der Waals surface area contributed by atoms with Gasteiger partial charge in [-0.2, -0.15) is 0 Å². The van der Waals surface area contributed by atoms with E-state index >= 15 is 0 Å². The molecule has 44 heavy (non-hydrogen) atoms. The summed E-state index contributed by atoms with van der Waals surface area (Å²) < 4.78 is 12.5. The van der Waals surface area contributed by atoms with Gasteiger partial charge in [0, 0.05) is 35.4 Å². The van der Waals surface area contributed by atoms with Gasteiger partial charge < -0.3 is 24.4 Å². The monoisotopic (exact) mass is 594 g/mol. The van der Waals surface area contributed by atoms with Crippen molar-refractivity contribution in [2.45, 2.75) is 63.5 Å². The largest absolute Gasteiger partial charge is 0.486 e. The zero-order valence-electron chi connectivity index (χ0n) is 24.5. The van der Waals surface area contributed by atoms with E-state index in [1.54, 1.807) is 0 Å². The molecule has 6 rings (SSSR count). The Morgan fingerprint density at radius 2 is 1.70 bits per heavy atom. The summed E-state index contributed by atoms with van der Waals surface area (Å²) >= 11 is 0. The van der Waals surface area contributed by atoms with Crippen LogP contribution in [-0.4, -0.2) is 40.9 Å². The summed E-state index contributed by atoms with van der Waals surface area (Å²) in [5.74, 6) is -1.12. The number of aryl methyl sites for hydroxylation is 1. The van der Waals surface area contributed by atoms with Crippen molar-refractivity contribution in [1.82, 2.24) is 5.32 Å². The maximum Gasteiger partial charge on any atom is 0.336 e. The molecule has 0 saturated heterocycles. The van der Waals surface area contributed by atoms with Crippen molar-refractivity contribution in [3.8, 4) is 16.9 Å². The molecule has 1 fully saturated rings. The Labute approximate surface area is 254 Å². The second-order valence-electron chi connectivity index (χ2n) is 11.6. The number of carboxylic acids is 1. The van der Waals surface area contributed by atoms with Gasteiger partial charge in [0.2, 0.25) is 0 Å². The molecule has 226 valence electrons. The number of carboxylic acid groups (broad SMARTS) is 1. The second kappa shape index (κ2) is 12.4. The van der Waals surface area contributed by atoms with Gasteiger partial charge in [0.05, 0.1) is 5.71 Å². The van der Waals surface area contributed by atoms with Crippen LogP contribution in [0.1, 0.15) is 55.2 Å². The standard InChI is InChI=1S/C35H34N2O7/c1-22-32-26(25(19-31(39)43-32)24-13-7-3-8-14-24)18-27-29(20-35(44-33(22)27)15-9-4-10-16-35)37-42-21-30(38)36-28(34(40)41)17-23-11-5-2-6-12-23/h2-3,5-8,11-14,18-19,28H,4,9-10,15-17,20-21H2,1H3,(H,36,38)(H,40,41). The highest BCUT2D eigenvalue weighted by Crippen LogP contribution is 2.46. The number of amides is 1. The van der Waals surface area contributed by atoms with Crippen molar-refractivity contribution >= 4 is 28.6 Å². The molecule has 1 aliphatic heterocycles. The zero-order chi connectivity index (χ0) is 30.7. The number of nitrogens with one attached hydrogen (secondary N) is 1. The van der Waals surface area contributed by atoms with Crippen LogP contribution in [0.4, 0.5) is 0 Å². The number of benzene rings is 3. The predicted molar refractivity (Wildman–Crippen MR) is 166 cm³/mol. The summed E-state index contributed by atoms with van der Waals surface area (Å²) in [5.41, 5.74) is 3.99. The maximum atomic E-state index is 12.8. The van der Waals surface area contributed by atoms with E-state index in [-0.39, 0.29) is 6.42 Å². The van der Waals surface area contributed by atoms with E-state index in [2.05, 4.69) is 10.5 Å². The second-order valence-corrected chi connectivity index (χ2v) is 11.6. The average molecular weight is 595 g/mol. The topological polar surface area (TPSA) is 127 Å². The van der Waals surface area contributed by atoms with E-state index in [0.717, 1.165) is 54.2 Å². The lowest BCUT2D eigenvalue weighted by molar-refractivity contribution is -0.142. The number of rotatable bonds is 8. The molecule has 0 radical (unpaired) electrons. The van der Waals surface area contributed by atoms with Crippen LogP contribution in [0, 0.1) is 6.92 Å². The first-order chi connectivity index (χ1) is 21.3. The minimum atomic E-state index is -1.13. The van der Waals surface area contributed by atoms with Crippen molar-refractivity contribution < 1.29 is 28.7 Å². The van der Waals surface area contributed by atoms with Crippen molar-refractivity contribution in [2.24, 2.45) is 5.16 Å². The number of carbonyl (C=O) groups excluding carboxylic acids is 1. The zero-order valence-corrected chi connectivity index (χ0v) is 24.5. The van der Waals surface area contributed by atoms with E-state index in [1.807, 2.05) is 73.7 Å². The summed E-state index contributed by atoms with van der Waals surface area (Å²) in [6.45, 7) is 1.44. The molecule has 2 aliphatic rings. The molecule has 1 atom stereocenters. The summed E-state index contributed by atoms with van der Waals surface area (Å²) in [5, 5.41) is 17.4. The Hall–Kier alpha value is -4.92. The lowest BCUT2D eigenvalue weighted by Crippen LogP contribution is -2.44. The fraction of sp³-hybridized carbons (Fsp3) is 0.314. The third-order valence-corrected chi connectivity index (χ3v) is 8.47. The van der Waals surface area contributed by atoms with E-state index < -0.39 is 35.8 Å². The van der Waals surface area contributed by atoms with Gasteiger partial charge >= 0.3 is 11.6 Å². The van der Waals surface area contributed by atoms with Crippen LogP contribution in [-0.2, 0) is 20.8 Å². The number of carbonyl (C=O) groups is 2. The van der Waals surface area contributed by atoms with Crippen molar-refractivity contribution in [2.75, 3.05) is 6.61 Å². The van der Waals surface area contributed by atoms with Crippen LogP contribution in [0.25, 0.3) is 22.1 Å². The van der Waals surface area contributed by atoms with Gasteiger partial charge in [-0.25, -0.2) is 9.59 Å². The third kappa shape index (κ3) is 6.08. The number of oxime groups is 1. The molecule has 1 spiro atoms. The average Bonchev–Trinajstić information content (AvgIpc) is 3.03. The number of hydrogen-bond acceptors (Lipinski definition) is 7. The van der Waals surface area contributed by atoms with E-state index in [9.17, 15) is 19.5 Å². The number of hydrogen-bond donors (Lipinski definition) is 2. The molecular formula is C35H34N2O7. The minimum Gasteiger partial charge on any atom is -0.486 e. The Morgan fingerprint density at radius 3 is 2.41 bits per heavy atom. The van der Waals surface area contributed by atoms with Crippen molar-refractivity contribution in [1.29, 1.82) is 0 Å². The highest BCUT2D eigenvalue weighted by Gasteiger charge is 2.42. The van der Waals surface area contributed by atoms with E-state index in [4.69, 9.17) is 14.0 Å². The summed E-state index contributed by atoms with van der Waals surface area (Å²) in [7, 11) is 0. The van der Waals surface area contributed by atoms with E-state index in [1.165, 1.54) is 6.07 Å². The first-order valence-electron chi connectivity index (χ1n) is 14.9. The minimum absolute atomic E-state index is 0.149. The normalized spacial score (nSPS) is 17.1. The smallest absolute Gasteiger partial charge is 0.336 e. The molecule has 9 nitrogen and oxygen atoms in total. The first kappa shape index (κ1) is 29.2. The van der Waals surface area contributed by atoms with Crippen LogP contribution in [0.5, 0.6) is 5.75 Å². The fourth-order valence-corrected chi connectivity index (χ4v) is 6.31. The van der Waals surface area contributed by atoms with Crippen LogP contribution in [0.2, 0.25) is 0 Å². The predicted octanol–water partition coefficient (Wildman–Crippen LogP) is 5.79. The molecule has 1 aliphatic carbocycles. The quantitative estimate of drug-likeness (QED) is 0.195. The van der Waals surface area contributed by atoms with Gasteiger partial charge in [-0.3, -0.25) is 4.79 Å². The van der Waals surface area contributed by atoms with Gasteiger partial charge in [0.1, 0.15) is 23.0 Å². The third-order valence-electron chi connectivity index (χ3n) is 8.47. The van der Waals surface area contributed by atoms with E-state index in [0.29, 0.717) is 34.6 Å². The Bertz CT molecular complexity index is 1770. The van der Waals surface area contributed by atoms with Crippen LogP contribution in [0.15, 0.2) is 87.2 Å². The van der Waals surface area contributed by atoms with Gasteiger partial charge in [0.15, 0.2) is 6.61 Å². The fourth-order valence-electron chi connectivity index (χ4n) is 6.31. The van der Waals surface area contributed by atoms with Crippen LogP contribution in [0.3, 0.4) is 0 Å². The number of fused-ring (bicyclic) bond motifs is 2. The van der Waals surface area contributed by atoms with Crippen molar-refractivity contribution in [3.05, 3.63) is 99.9 Å². The Kier molecular flexibility index (Phi) is 8.19. The first-order valence-corrected chi connectivity index (χ1v) is 14.9. The lowest BCUT2D eigenvalue weighted by atomic mass is 9.77. The maximum absolute atomic E-state index is 12.8. The number of aliphatic carboxylic acids is 1. The lowest BCUT2D eigenvalue weighted by Gasteiger charge is -2.42. The summed E-state index contributed by atoms with van der Waals surface area (Å²) in [6.07, 6.45) is 5.49. The highest BCUT2D eigenvalue weighted by molar-refractivity contribution is 6.09. The molecule has 3 aromatic carbocycles. The number of nitrogens with zero attached hydrogens (tertiary/aromatic N) is 1. The SMILES string of the molecule is Cc1c2c(cc3c(-c4ccccc4)cc(=O)oc13)C(=NOCC(=O)NC(Cc1ccccc1)C(=O)O)CC1(CCCCC1)O2. The number of ether oxygens (including phenoxy) is 1. The Morgan fingerprint density at radius 1 is 1.00 bits per heavy atom. The van der Waals surface area contributed by atoms with Crippen LogP contribution < -0.4 is 15.7 Å². The molecule has 4 aromatic rings. The molecule has 1 unspecified atom stereocenters. The van der Waals surface area contributed by atoms with Crippen LogP contribution >= 0.6 is 0 Å². The molecule has 0 bridgehead atoms. The molecule has 9 heteroatoms. The van der Waals surface area contributed by atoms with Gasteiger partial charge in [-0.1, -0.05) is 72.2 Å². The van der Waals surface area contributed by atoms with Gasteiger partial charge in [-0.05, 0) is 55.4 Å². The molecule has 1 saturated carbocycles. The molecule has 2 N–H and O–H groups in total. The summed E-state index contributed by atoms with van der Waals surface area (Å²) in [6, 6.07) is 21.0. The summed E-state index contributed by atoms with van der Waals surface area (Å²) in [4.78, 5) is 42.8. The van der Waals surface area contributed by atoms with Gasteiger partial charge in [0.25, 0.3) is 5.91 Å². The molecule has 2 heterocycles. The van der Waals surface area contributed by atoms with Gasteiger partial charge in [-0.15, -0.1) is 0 Å². The molecule has 1 aromatic heterocycles. The molecule has 1 amide bonds.